The van der Waals surface area contributed by atoms with Gasteiger partial charge in [0.15, 0.2) is 0 Å². The third-order valence-electron chi connectivity index (χ3n) is 3.84. The van der Waals surface area contributed by atoms with Crippen molar-refractivity contribution in [1.29, 1.82) is 0 Å². The Kier molecular flexibility index (Phi) is 5.40. The molecule has 0 radical (unpaired) electrons. The molecule has 1 aromatic heterocycles. The van der Waals surface area contributed by atoms with E-state index in [1.54, 1.807) is 23.9 Å². The number of aromatic nitrogens is 1. The number of aliphatic hydroxyl groups excluding tert-OH is 1. The van der Waals surface area contributed by atoms with Gasteiger partial charge in [0.05, 0.1) is 6.61 Å². The molecule has 0 aliphatic carbocycles. The molecule has 1 N–H and O–H groups in total. The van der Waals surface area contributed by atoms with Gasteiger partial charge in [-0.15, -0.1) is 0 Å². The Balaban J connectivity index is 3.23. The Morgan fingerprint density at radius 2 is 1.80 bits per heavy atom. The predicted octanol–water partition coefficient (Wildman–Crippen LogP) is 2.23. The number of nitrogens with zero attached hydrogens (tertiary/aromatic N) is 2. The van der Waals surface area contributed by atoms with Crippen LogP contribution in [0, 0.1) is 5.92 Å². The molecule has 0 saturated carbocycles. The standard InChI is InChI=1S/C14H26N2O3S/c1-10(2)12(5)15(6)20(18,19)14-7-13(9-17)16(8-14)11(3)4/h7-8,10-12,17H,9H2,1-6H3. The third kappa shape index (κ3) is 3.24. The van der Waals surface area contributed by atoms with Crippen LogP contribution in [0.15, 0.2) is 17.2 Å². The van der Waals surface area contributed by atoms with Crippen LogP contribution in [0.2, 0.25) is 0 Å². The Morgan fingerprint density at radius 1 is 1.25 bits per heavy atom. The smallest absolute Gasteiger partial charge is 0.244 e. The highest BCUT2D eigenvalue weighted by Gasteiger charge is 2.28. The van der Waals surface area contributed by atoms with Crippen LogP contribution in [0.1, 0.15) is 46.4 Å². The van der Waals surface area contributed by atoms with E-state index >= 15 is 0 Å². The third-order valence-corrected chi connectivity index (χ3v) is 5.75. The van der Waals surface area contributed by atoms with Gasteiger partial charge in [-0.2, -0.15) is 4.31 Å². The van der Waals surface area contributed by atoms with Crippen LogP contribution in [0.25, 0.3) is 0 Å². The van der Waals surface area contributed by atoms with Crippen molar-refractivity contribution in [2.75, 3.05) is 7.05 Å². The highest BCUT2D eigenvalue weighted by atomic mass is 32.2. The number of hydrogen-bond donors (Lipinski definition) is 1. The summed E-state index contributed by atoms with van der Waals surface area (Å²) in [6, 6.07) is 1.58. The summed E-state index contributed by atoms with van der Waals surface area (Å²) in [5, 5.41) is 9.35. The van der Waals surface area contributed by atoms with E-state index < -0.39 is 10.0 Å². The average Bonchev–Trinajstić information content (AvgIpc) is 2.81. The summed E-state index contributed by atoms with van der Waals surface area (Å²) in [5.74, 6) is 0.235. The fraction of sp³-hybridized carbons (Fsp3) is 0.714. The van der Waals surface area contributed by atoms with E-state index in [0.29, 0.717) is 5.69 Å². The summed E-state index contributed by atoms with van der Waals surface area (Å²) in [7, 11) is -1.92. The zero-order chi connectivity index (χ0) is 15.7. The highest BCUT2D eigenvalue weighted by Crippen LogP contribution is 2.24. The maximum atomic E-state index is 12.6. The minimum atomic E-state index is -3.53. The number of hydrogen-bond acceptors (Lipinski definition) is 3. The molecule has 0 amide bonds. The summed E-state index contributed by atoms with van der Waals surface area (Å²) in [5.41, 5.74) is 0.615. The van der Waals surface area contributed by atoms with Crippen molar-refractivity contribution in [3.05, 3.63) is 18.0 Å². The van der Waals surface area contributed by atoms with E-state index in [-0.39, 0.29) is 29.5 Å². The Labute approximate surface area is 122 Å². The van der Waals surface area contributed by atoms with Gasteiger partial charge in [0.1, 0.15) is 4.90 Å². The maximum absolute atomic E-state index is 12.6. The van der Waals surface area contributed by atoms with Crippen molar-refractivity contribution in [3.63, 3.8) is 0 Å². The SMILES string of the molecule is CC(C)C(C)N(C)S(=O)(=O)c1cc(CO)n(C(C)C)c1. The molecule has 1 aromatic rings. The first-order valence-electron chi connectivity index (χ1n) is 6.92. The Hall–Kier alpha value is -0.850. The van der Waals surface area contributed by atoms with Gasteiger partial charge < -0.3 is 9.67 Å². The van der Waals surface area contributed by atoms with Crippen LogP contribution in [-0.2, 0) is 16.6 Å². The van der Waals surface area contributed by atoms with Gasteiger partial charge in [-0.1, -0.05) is 13.8 Å². The highest BCUT2D eigenvalue weighted by molar-refractivity contribution is 7.89. The molecule has 5 nitrogen and oxygen atoms in total. The van der Waals surface area contributed by atoms with E-state index in [4.69, 9.17) is 0 Å². The molecule has 0 bridgehead atoms. The Bertz CT molecular complexity index is 547. The van der Waals surface area contributed by atoms with Gasteiger partial charge in [0.2, 0.25) is 10.0 Å². The number of sulfonamides is 1. The molecule has 1 heterocycles. The fourth-order valence-electron chi connectivity index (χ4n) is 2.05. The van der Waals surface area contributed by atoms with Gasteiger partial charge in [-0.05, 0) is 32.8 Å². The average molecular weight is 302 g/mol. The summed E-state index contributed by atoms with van der Waals surface area (Å²) >= 11 is 0. The van der Waals surface area contributed by atoms with Crippen LogP contribution >= 0.6 is 0 Å². The van der Waals surface area contributed by atoms with E-state index in [9.17, 15) is 13.5 Å². The molecular formula is C14H26N2O3S. The van der Waals surface area contributed by atoms with Crippen molar-refractivity contribution < 1.29 is 13.5 Å². The summed E-state index contributed by atoms with van der Waals surface area (Å²) in [4.78, 5) is 0.241. The maximum Gasteiger partial charge on any atom is 0.244 e. The lowest BCUT2D eigenvalue weighted by atomic mass is 10.1. The zero-order valence-corrected chi connectivity index (χ0v) is 14.0. The summed E-state index contributed by atoms with van der Waals surface area (Å²) < 4.78 is 28.4. The van der Waals surface area contributed by atoms with Crippen molar-refractivity contribution >= 4 is 10.0 Å². The lowest BCUT2D eigenvalue weighted by Crippen LogP contribution is -2.38. The molecule has 20 heavy (non-hydrogen) atoms. The van der Waals surface area contributed by atoms with Crippen LogP contribution in [-0.4, -0.2) is 35.5 Å². The summed E-state index contributed by atoms with van der Waals surface area (Å²) in [6.07, 6.45) is 1.61. The molecule has 1 atom stereocenters. The van der Waals surface area contributed by atoms with E-state index in [2.05, 4.69) is 0 Å². The van der Waals surface area contributed by atoms with E-state index in [0.717, 1.165) is 0 Å². The number of aliphatic hydroxyl groups is 1. The van der Waals surface area contributed by atoms with E-state index in [1.807, 2.05) is 34.6 Å². The molecule has 0 aliphatic heterocycles. The first-order chi connectivity index (χ1) is 9.12. The van der Waals surface area contributed by atoms with Crippen molar-refractivity contribution in [2.45, 2.75) is 58.2 Å². The Morgan fingerprint density at radius 3 is 2.15 bits per heavy atom. The zero-order valence-electron chi connectivity index (χ0n) is 13.2. The molecule has 116 valence electrons. The van der Waals surface area contributed by atoms with Crippen LogP contribution in [0.3, 0.4) is 0 Å². The molecule has 1 rings (SSSR count). The molecule has 1 unspecified atom stereocenters. The molecule has 6 heteroatoms. The second kappa shape index (κ2) is 6.28. The largest absolute Gasteiger partial charge is 0.390 e. The monoisotopic (exact) mass is 302 g/mol. The van der Waals surface area contributed by atoms with Crippen LogP contribution in [0.4, 0.5) is 0 Å². The van der Waals surface area contributed by atoms with E-state index in [1.165, 1.54) is 4.31 Å². The lowest BCUT2D eigenvalue weighted by molar-refractivity contribution is 0.268. The van der Waals surface area contributed by atoms with Crippen molar-refractivity contribution in [3.8, 4) is 0 Å². The second-order valence-corrected chi connectivity index (χ2v) is 7.83. The molecule has 0 aromatic carbocycles. The quantitative estimate of drug-likeness (QED) is 0.876. The second-order valence-electron chi connectivity index (χ2n) is 5.83. The lowest BCUT2D eigenvalue weighted by Gasteiger charge is -2.26. The van der Waals surface area contributed by atoms with Crippen LogP contribution < -0.4 is 0 Å². The summed E-state index contributed by atoms with van der Waals surface area (Å²) in [6.45, 7) is 9.63. The first-order valence-corrected chi connectivity index (χ1v) is 8.36. The number of rotatable bonds is 6. The molecule has 0 spiro atoms. The molecular weight excluding hydrogens is 276 g/mol. The van der Waals surface area contributed by atoms with Crippen molar-refractivity contribution in [1.82, 2.24) is 8.87 Å². The fourth-order valence-corrected chi connectivity index (χ4v) is 3.60. The molecule has 0 aliphatic rings. The van der Waals surface area contributed by atoms with Gasteiger partial charge in [-0.25, -0.2) is 8.42 Å². The van der Waals surface area contributed by atoms with Crippen molar-refractivity contribution in [2.24, 2.45) is 5.92 Å². The van der Waals surface area contributed by atoms with Gasteiger partial charge in [-0.3, -0.25) is 0 Å². The minimum absolute atomic E-state index is 0.0834. The van der Waals surface area contributed by atoms with Crippen LogP contribution in [0.5, 0.6) is 0 Å². The van der Waals surface area contributed by atoms with Gasteiger partial charge in [0, 0.05) is 31.0 Å². The topological polar surface area (TPSA) is 62.5 Å². The minimum Gasteiger partial charge on any atom is -0.390 e. The first kappa shape index (κ1) is 17.2. The van der Waals surface area contributed by atoms with Gasteiger partial charge in [0.25, 0.3) is 0 Å². The molecule has 0 fully saturated rings. The molecule has 0 saturated heterocycles. The predicted molar refractivity (Wildman–Crippen MR) is 80.0 cm³/mol. The normalized spacial score (nSPS) is 14.5. The van der Waals surface area contributed by atoms with Gasteiger partial charge >= 0.3 is 0 Å².